The van der Waals surface area contributed by atoms with Gasteiger partial charge >= 0.3 is 0 Å². The van der Waals surface area contributed by atoms with Crippen molar-refractivity contribution in [2.75, 3.05) is 6.54 Å². The molecule has 1 fully saturated rings. The minimum Gasteiger partial charge on any atom is -0.381 e. The van der Waals surface area contributed by atoms with E-state index in [1.165, 1.54) is 26.0 Å². The van der Waals surface area contributed by atoms with Crippen LogP contribution in [0.25, 0.3) is 11.1 Å². The van der Waals surface area contributed by atoms with Crippen molar-refractivity contribution in [2.45, 2.75) is 44.4 Å². The van der Waals surface area contributed by atoms with Crippen molar-refractivity contribution in [2.24, 2.45) is 5.73 Å². The fourth-order valence-electron chi connectivity index (χ4n) is 3.58. The van der Waals surface area contributed by atoms with Gasteiger partial charge in [0.2, 0.25) is 0 Å². The molecule has 3 rings (SSSR count). The third-order valence-electron chi connectivity index (χ3n) is 4.95. The Morgan fingerprint density at radius 1 is 1.19 bits per heavy atom. The number of aliphatic hydroxyl groups is 1. The lowest BCUT2D eigenvalue weighted by molar-refractivity contribution is -0.148. The smallest absolute Gasteiger partial charge is 0.254 e. The highest BCUT2D eigenvalue weighted by Crippen LogP contribution is 2.27. The Hall–Kier alpha value is -2.31. The first kappa shape index (κ1) is 19.5. The summed E-state index contributed by atoms with van der Waals surface area (Å²) in [5.41, 5.74) is 6.81. The molecular weight excluding hydrogens is 350 g/mol. The Morgan fingerprint density at radius 3 is 2.48 bits per heavy atom. The normalized spacial score (nSPS) is 20.1. The molecule has 1 heterocycles. The lowest BCUT2D eigenvalue weighted by atomic mass is 9.96. The van der Waals surface area contributed by atoms with Crippen LogP contribution in [0.2, 0.25) is 0 Å². The molecule has 0 bridgehead atoms. The van der Waals surface area contributed by atoms with Gasteiger partial charge in [0.1, 0.15) is 17.2 Å². The summed E-state index contributed by atoms with van der Waals surface area (Å²) in [4.78, 5) is 14.2. The SMILES string of the molecule is CC(C)(O)C(=O)N1CCC(N)C1Cc1cccc(-c2cc(F)cc(F)c2)c1. The number of nitrogens with zero attached hydrogens (tertiary/aromatic N) is 1. The standard InChI is InChI=1S/C21H24F2N2O2/c1-21(2,27)20(26)25-7-6-18(24)19(25)9-13-4-3-5-14(8-13)15-10-16(22)12-17(23)11-15/h3-5,8,10-12,18-19,27H,6-7,9,24H2,1-2H3. The molecule has 1 aliphatic heterocycles. The van der Waals surface area contributed by atoms with Crippen molar-refractivity contribution in [1.29, 1.82) is 0 Å². The van der Waals surface area contributed by atoms with E-state index in [2.05, 4.69) is 0 Å². The predicted octanol–water partition coefficient (Wildman–Crippen LogP) is 2.87. The molecule has 1 amide bonds. The van der Waals surface area contributed by atoms with Crippen molar-refractivity contribution < 1.29 is 18.7 Å². The molecule has 144 valence electrons. The zero-order valence-corrected chi connectivity index (χ0v) is 15.5. The quantitative estimate of drug-likeness (QED) is 0.865. The van der Waals surface area contributed by atoms with Crippen molar-refractivity contribution >= 4 is 5.91 Å². The van der Waals surface area contributed by atoms with Gasteiger partial charge in [0, 0.05) is 18.7 Å². The van der Waals surface area contributed by atoms with Crippen LogP contribution in [0.5, 0.6) is 0 Å². The number of halogens is 2. The largest absolute Gasteiger partial charge is 0.381 e. The second-order valence-electron chi connectivity index (χ2n) is 7.64. The number of hydrogen-bond acceptors (Lipinski definition) is 3. The lowest BCUT2D eigenvalue weighted by Gasteiger charge is -2.31. The Kier molecular flexibility index (Phi) is 5.31. The highest BCUT2D eigenvalue weighted by molar-refractivity contribution is 5.84. The summed E-state index contributed by atoms with van der Waals surface area (Å²) in [6, 6.07) is 10.3. The monoisotopic (exact) mass is 374 g/mol. The van der Waals surface area contributed by atoms with E-state index >= 15 is 0 Å². The maximum absolute atomic E-state index is 13.5. The topological polar surface area (TPSA) is 66.6 Å². The Balaban J connectivity index is 1.86. The van der Waals surface area contributed by atoms with Crippen LogP contribution in [-0.4, -0.2) is 40.1 Å². The molecule has 4 nitrogen and oxygen atoms in total. The molecule has 2 atom stereocenters. The molecule has 2 unspecified atom stereocenters. The maximum Gasteiger partial charge on any atom is 0.254 e. The average Bonchev–Trinajstić information content (AvgIpc) is 2.93. The fraction of sp³-hybridized carbons (Fsp3) is 0.381. The number of likely N-dealkylation sites (tertiary alicyclic amines) is 1. The third-order valence-corrected chi connectivity index (χ3v) is 4.95. The summed E-state index contributed by atoms with van der Waals surface area (Å²) < 4.78 is 27.0. The maximum atomic E-state index is 13.5. The van der Waals surface area contributed by atoms with Gasteiger partial charge in [0.05, 0.1) is 6.04 Å². The van der Waals surface area contributed by atoms with E-state index in [4.69, 9.17) is 5.73 Å². The van der Waals surface area contributed by atoms with Gasteiger partial charge in [-0.3, -0.25) is 4.79 Å². The number of carbonyl (C=O) groups excluding carboxylic acids is 1. The van der Waals surface area contributed by atoms with Gasteiger partial charge in [-0.25, -0.2) is 8.78 Å². The summed E-state index contributed by atoms with van der Waals surface area (Å²) in [6.07, 6.45) is 1.18. The van der Waals surface area contributed by atoms with Gasteiger partial charge in [0.25, 0.3) is 5.91 Å². The summed E-state index contributed by atoms with van der Waals surface area (Å²) in [7, 11) is 0. The molecule has 2 aromatic rings. The van der Waals surface area contributed by atoms with E-state index in [9.17, 15) is 18.7 Å². The van der Waals surface area contributed by atoms with Crippen LogP contribution in [0, 0.1) is 11.6 Å². The zero-order valence-electron chi connectivity index (χ0n) is 15.5. The summed E-state index contributed by atoms with van der Waals surface area (Å²) in [5.74, 6) is -1.60. The first-order valence-electron chi connectivity index (χ1n) is 8.99. The van der Waals surface area contributed by atoms with Crippen LogP contribution in [0.4, 0.5) is 8.78 Å². The summed E-state index contributed by atoms with van der Waals surface area (Å²) in [5, 5.41) is 10.1. The van der Waals surface area contributed by atoms with E-state index in [0.717, 1.165) is 11.6 Å². The number of benzene rings is 2. The van der Waals surface area contributed by atoms with Gasteiger partial charge in [-0.1, -0.05) is 24.3 Å². The molecule has 0 aromatic heterocycles. The second kappa shape index (κ2) is 7.37. The molecule has 0 saturated carbocycles. The molecule has 6 heteroatoms. The third kappa shape index (κ3) is 4.34. The minimum absolute atomic E-state index is 0.188. The van der Waals surface area contributed by atoms with Gasteiger partial charge in [-0.05, 0) is 55.5 Å². The number of hydrogen-bond donors (Lipinski definition) is 2. The molecular formula is C21H24F2N2O2. The highest BCUT2D eigenvalue weighted by atomic mass is 19.1. The van der Waals surface area contributed by atoms with Crippen molar-refractivity contribution in [3.63, 3.8) is 0 Å². The lowest BCUT2D eigenvalue weighted by Crippen LogP contribution is -2.51. The van der Waals surface area contributed by atoms with Crippen molar-refractivity contribution in [3.8, 4) is 11.1 Å². The van der Waals surface area contributed by atoms with E-state index in [1.807, 2.05) is 18.2 Å². The van der Waals surface area contributed by atoms with Gasteiger partial charge in [-0.2, -0.15) is 0 Å². The Labute approximate surface area is 157 Å². The molecule has 0 aliphatic carbocycles. The summed E-state index contributed by atoms with van der Waals surface area (Å²) >= 11 is 0. The number of nitrogens with two attached hydrogens (primary N) is 1. The molecule has 3 N–H and O–H groups in total. The molecule has 1 saturated heterocycles. The first-order valence-corrected chi connectivity index (χ1v) is 8.99. The molecule has 0 radical (unpaired) electrons. The van der Waals surface area contributed by atoms with Crippen LogP contribution < -0.4 is 5.73 Å². The first-order chi connectivity index (χ1) is 12.6. The van der Waals surface area contributed by atoms with Gasteiger partial charge in [0.15, 0.2) is 0 Å². The van der Waals surface area contributed by atoms with E-state index < -0.39 is 17.2 Å². The highest BCUT2D eigenvalue weighted by Gasteiger charge is 2.40. The molecule has 0 spiro atoms. The van der Waals surface area contributed by atoms with Gasteiger partial charge < -0.3 is 15.7 Å². The predicted molar refractivity (Wildman–Crippen MR) is 99.9 cm³/mol. The fourth-order valence-corrected chi connectivity index (χ4v) is 3.58. The Morgan fingerprint density at radius 2 is 1.85 bits per heavy atom. The van der Waals surface area contributed by atoms with Crippen LogP contribution in [0.3, 0.4) is 0 Å². The summed E-state index contributed by atoms with van der Waals surface area (Å²) in [6.45, 7) is 3.44. The minimum atomic E-state index is -1.46. The van der Waals surface area contributed by atoms with Crippen LogP contribution in [0.1, 0.15) is 25.8 Å². The van der Waals surface area contributed by atoms with Gasteiger partial charge in [-0.15, -0.1) is 0 Å². The number of rotatable bonds is 4. The zero-order chi connectivity index (χ0) is 19.8. The van der Waals surface area contributed by atoms with Crippen molar-refractivity contribution in [1.82, 2.24) is 4.90 Å². The van der Waals surface area contributed by atoms with Crippen molar-refractivity contribution in [3.05, 3.63) is 59.7 Å². The number of carbonyl (C=O) groups is 1. The van der Waals surface area contributed by atoms with E-state index in [0.29, 0.717) is 30.5 Å². The Bertz CT molecular complexity index is 828. The van der Waals surface area contributed by atoms with Crippen LogP contribution in [-0.2, 0) is 11.2 Å². The average molecular weight is 374 g/mol. The van der Waals surface area contributed by atoms with Crippen LogP contribution in [0.15, 0.2) is 42.5 Å². The number of amides is 1. The molecule has 2 aromatic carbocycles. The van der Waals surface area contributed by atoms with Crippen LogP contribution >= 0.6 is 0 Å². The molecule has 27 heavy (non-hydrogen) atoms. The second-order valence-corrected chi connectivity index (χ2v) is 7.64. The van der Waals surface area contributed by atoms with E-state index in [-0.39, 0.29) is 18.0 Å². The molecule has 1 aliphatic rings. The van der Waals surface area contributed by atoms with E-state index in [1.54, 1.807) is 11.0 Å².